The van der Waals surface area contributed by atoms with Crippen LogP contribution in [-0.2, 0) is 4.74 Å². The highest BCUT2D eigenvalue weighted by molar-refractivity contribution is 6.29. The van der Waals surface area contributed by atoms with Gasteiger partial charge in [-0.3, -0.25) is 0 Å². The van der Waals surface area contributed by atoms with E-state index in [0.717, 1.165) is 16.7 Å². The molecule has 0 bridgehead atoms. The lowest BCUT2D eigenvalue weighted by Crippen LogP contribution is -2.60. The topological polar surface area (TPSA) is 112 Å². The van der Waals surface area contributed by atoms with Crippen LogP contribution in [0.15, 0.2) is 36.5 Å². The molecular formula is C18H20ClNO6. The summed E-state index contributed by atoms with van der Waals surface area (Å²) in [5, 5.41) is 39.4. The van der Waals surface area contributed by atoms with Crippen molar-refractivity contribution >= 4 is 11.6 Å². The van der Waals surface area contributed by atoms with Crippen LogP contribution in [0.4, 0.5) is 0 Å². The number of hydrogen-bond acceptors (Lipinski definition) is 7. The maximum atomic E-state index is 10.1. The zero-order valence-corrected chi connectivity index (χ0v) is 14.7. The van der Waals surface area contributed by atoms with Crippen LogP contribution in [0.1, 0.15) is 5.56 Å². The van der Waals surface area contributed by atoms with E-state index in [4.69, 9.17) is 21.1 Å². The van der Waals surface area contributed by atoms with Gasteiger partial charge in [-0.2, -0.15) is 0 Å². The normalized spacial score (nSPS) is 28.8. The van der Waals surface area contributed by atoms with Gasteiger partial charge in [0.15, 0.2) is 0 Å². The number of benzene rings is 1. The van der Waals surface area contributed by atoms with Crippen molar-refractivity contribution < 1.29 is 29.9 Å². The Hall–Kier alpha value is -1.74. The van der Waals surface area contributed by atoms with E-state index in [2.05, 4.69) is 4.98 Å². The van der Waals surface area contributed by atoms with E-state index in [0.29, 0.717) is 10.9 Å². The van der Waals surface area contributed by atoms with Gasteiger partial charge in [0.25, 0.3) is 0 Å². The maximum Gasteiger partial charge on any atom is 0.229 e. The van der Waals surface area contributed by atoms with Gasteiger partial charge in [-0.15, -0.1) is 0 Å². The molecule has 7 nitrogen and oxygen atoms in total. The molecule has 1 fully saturated rings. The van der Waals surface area contributed by atoms with Crippen LogP contribution in [0, 0.1) is 6.92 Å². The van der Waals surface area contributed by atoms with Gasteiger partial charge >= 0.3 is 0 Å². The first kappa shape index (κ1) is 19.0. The van der Waals surface area contributed by atoms with Crippen molar-refractivity contribution in [1.82, 2.24) is 4.98 Å². The van der Waals surface area contributed by atoms with E-state index in [1.807, 2.05) is 25.1 Å². The number of ether oxygens (including phenoxy) is 2. The van der Waals surface area contributed by atoms with Crippen LogP contribution < -0.4 is 4.74 Å². The predicted octanol–water partition coefficient (Wildman–Crippen LogP) is 0.889. The molecule has 4 N–H and O–H groups in total. The number of aryl methyl sites for hydroxylation is 1. The summed E-state index contributed by atoms with van der Waals surface area (Å²) in [5.74, 6) is 0.443. The van der Waals surface area contributed by atoms with Crippen LogP contribution in [0.5, 0.6) is 5.75 Å². The molecule has 3 rings (SSSR count). The molecule has 1 aliphatic heterocycles. The Morgan fingerprint density at radius 3 is 2.46 bits per heavy atom. The fraction of sp³-hybridized carbons (Fsp3) is 0.389. The highest BCUT2D eigenvalue weighted by Crippen LogP contribution is 2.30. The summed E-state index contributed by atoms with van der Waals surface area (Å²) < 4.78 is 11.0. The lowest BCUT2D eigenvalue weighted by molar-refractivity contribution is -0.277. The van der Waals surface area contributed by atoms with Crippen molar-refractivity contribution in [1.29, 1.82) is 0 Å². The molecule has 2 heterocycles. The van der Waals surface area contributed by atoms with Crippen LogP contribution in [0.25, 0.3) is 11.1 Å². The lowest BCUT2D eigenvalue weighted by atomic mass is 9.99. The Morgan fingerprint density at radius 2 is 1.81 bits per heavy atom. The van der Waals surface area contributed by atoms with E-state index in [9.17, 15) is 20.4 Å². The number of aliphatic hydroxyl groups excluding tert-OH is 4. The second-order valence-electron chi connectivity index (χ2n) is 6.16. The molecule has 1 aromatic carbocycles. The van der Waals surface area contributed by atoms with E-state index in [1.165, 1.54) is 0 Å². The van der Waals surface area contributed by atoms with Gasteiger partial charge in [-0.25, -0.2) is 4.98 Å². The van der Waals surface area contributed by atoms with Gasteiger partial charge in [0, 0.05) is 6.20 Å². The van der Waals surface area contributed by atoms with Gasteiger partial charge in [0.2, 0.25) is 6.29 Å². The Balaban J connectivity index is 1.80. The van der Waals surface area contributed by atoms with Crippen molar-refractivity contribution in [3.63, 3.8) is 0 Å². The number of pyridine rings is 1. The largest absolute Gasteiger partial charge is 0.462 e. The van der Waals surface area contributed by atoms with Gasteiger partial charge < -0.3 is 29.9 Å². The molecular weight excluding hydrogens is 362 g/mol. The third-order valence-electron chi connectivity index (χ3n) is 4.33. The van der Waals surface area contributed by atoms with Gasteiger partial charge in [0.1, 0.15) is 35.3 Å². The standard InChI is InChI=1S/C18H20ClNO6/c1-9-6-10(11-4-5-20-14(19)7-11)2-3-12(9)25-18-17(24)16(23)15(22)13(8-21)26-18/h2-7,13,15-18,21-24H,8H2,1H3. The fourth-order valence-corrected chi connectivity index (χ4v) is 3.01. The fourth-order valence-electron chi connectivity index (χ4n) is 2.83. The first-order valence-electron chi connectivity index (χ1n) is 8.10. The summed E-state index contributed by atoms with van der Waals surface area (Å²) in [4.78, 5) is 3.95. The van der Waals surface area contributed by atoms with E-state index in [-0.39, 0.29) is 0 Å². The number of halogens is 1. The van der Waals surface area contributed by atoms with Crippen molar-refractivity contribution in [2.24, 2.45) is 0 Å². The summed E-state index contributed by atoms with van der Waals surface area (Å²) in [7, 11) is 0. The molecule has 8 heteroatoms. The van der Waals surface area contributed by atoms with Gasteiger partial charge in [0.05, 0.1) is 6.61 Å². The summed E-state index contributed by atoms with van der Waals surface area (Å²) >= 11 is 5.92. The lowest BCUT2D eigenvalue weighted by Gasteiger charge is -2.39. The van der Waals surface area contributed by atoms with Crippen LogP contribution in [0.2, 0.25) is 5.15 Å². The van der Waals surface area contributed by atoms with Gasteiger partial charge in [-0.1, -0.05) is 17.7 Å². The van der Waals surface area contributed by atoms with Crippen LogP contribution in [0.3, 0.4) is 0 Å². The number of hydrogen-bond donors (Lipinski definition) is 4. The maximum absolute atomic E-state index is 10.1. The minimum Gasteiger partial charge on any atom is -0.462 e. The molecule has 0 amide bonds. The van der Waals surface area contributed by atoms with Crippen LogP contribution >= 0.6 is 11.6 Å². The second kappa shape index (κ2) is 7.87. The quantitative estimate of drug-likeness (QED) is 0.582. The van der Waals surface area contributed by atoms with Crippen molar-refractivity contribution in [3.8, 4) is 16.9 Å². The number of aliphatic hydroxyl groups is 4. The molecule has 26 heavy (non-hydrogen) atoms. The molecule has 0 spiro atoms. The SMILES string of the molecule is Cc1cc(-c2ccnc(Cl)c2)ccc1OC1OC(CO)C(O)C(O)C1O. The highest BCUT2D eigenvalue weighted by atomic mass is 35.5. The van der Waals surface area contributed by atoms with Crippen molar-refractivity contribution in [3.05, 3.63) is 47.2 Å². The van der Waals surface area contributed by atoms with Crippen molar-refractivity contribution in [2.75, 3.05) is 6.61 Å². The molecule has 140 valence electrons. The Morgan fingerprint density at radius 1 is 1.08 bits per heavy atom. The zero-order valence-electron chi connectivity index (χ0n) is 14.0. The van der Waals surface area contributed by atoms with Gasteiger partial charge in [-0.05, 0) is 47.9 Å². The molecule has 1 aromatic heterocycles. The third-order valence-corrected chi connectivity index (χ3v) is 4.53. The molecule has 2 aromatic rings. The Labute approximate surface area is 155 Å². The smallest absolute Gasteiger partial charge is 0.229 e. The van der Waals surface area contributed by atoms with Crippen molar-refractivity contribution in [2.45, 2.75) is 37.6 Å². The monoisotopic (exact) mass is 381 g/mol. The highest BCUT2D eigenvalue weighted by Gasteiger charge is 2.44. The summed E-state index contributed by atoms with van der Waals surface area (Å²) in [5.41, 5.74) is 2.58. The summed E-state index contributed by atoms with van der Waals surface area (Å²) in [6, 6.07) is 8.98. The Kier molecular flexibility index (Phi) is 5.76. The summed E-state index contributed by atoms with van der Waals surface area (Å²) in [6.45, 7) is 1.32. The van der Waals surface area contributed by atoms with E-state index >= 15 is 0 Å². The zero-order chi connectivity index (χ0) is 18.8. The molecule has 0 aliphatic carbocycles. The first-order valence-corrected chi connectivity index (χ1v) is 8.48. The second-order valence-corrected chi connectivity index (χ2v) is 6.55. The minimum absolute atomic E-state index is 0.391. The Bertz CT molecular complexity index is 771. The first-order chi connectivity index (χ1) is 12.4. The number of nitrogens with zero attached hydrogens (tertiary/aromatic N) is 1. The van der Waals surface area contributed by atoms with Crippen LogP contribution in [-0.4, -0.2) is 62.7 Å². The molecule has 0 radical (unpaired) electrons. The molecule has 1 saturated heterocycles. The van der Waals surface area contributed by atoms with E-state index < -0.39 is 37.3 Å². The molecule has 5 atom stereocenters. The minimum atomic E-state index is -1.48. The average Bonchev–Trinajstić information content (AvgIpc) is 2.63. The molecule has 0 saturated carbocycles. The molecule has 1 aliphatic rings. The van der Waals surface area contributed by atoms with E-state index in [1.54, 1.807) is 18.3 Å². The summed E-state index contributed by atoms with van der Waals surface area (Å²) in [6.07, 6.45) is -4.97. The average molecular weight is 382 g/mol. The molecule has 5 unspecified atom stereocenters. The third kappa shape index (κ3) is 3.83. The number of rotatable bonds is 4. The number of aromatic nitrogens is 1. The predicted molar refractivity (Wildman–Crippen MR) is 93.8 cm³/mol.